The average Bonchev–Trinajstić information content (AvgIpc) is 3.34. The third-order valence-electron chi connectivity index (χ3n) is 4.32. The Kier molecular flexibility index (Phi) is 5.34. The van der Waals surface area contributed by atoms with Crippen molar-refractivity contribution in [2.45, 2.75) is 11.7 Å². The van der Waals surface area contributed by atoms with Crippen LogP contribution in [-0.2, 0) is 11.3 Å². The lowest BCUT2D eigenvalue weighted by Crippen LogP contribution is -2.35. The van der Waals surface area contributed by atoms with Gasteiger partial charge in [-0.05, 0) is 17.7 Å². The van der Waals surface area contributed by atoms with Gasteiger partial charge in [-0.15, -0.1) is 10.2 Å². The summed E-state index contributed by atoms with van der Waals surface area (Å²) >= 11 is 1.28. The molecule has 8 nitrogen and oxygen atoms in total. The third kappa shape index (κ3) is 3.89. The number of amides is 3. The van der Waals surface area contributed by atoms with Gasteiger partial charge in [0, 0.05) is 31.0 Å². The maximum atomic E-state index is 12.4. The van der Waals surface area contributed by atoms with E-state index in [-0.39, 0.29) is 17.7 Å². The van der Waals surface area contributed by atoms with Gasteiger partial charge in [-0.1, -0.05) is 42.1 Å². The molecule has 3 aromatic rings. The topological polar surface area (TPSA) is 93.0 Å². The molecular weight excluding hydrogens is 376 g/mol. The van der Waals surface area contributed by atoms with E-state index in [1.54, 1.807) is 12.4 Å². The fraction of sp³-hybridized carbons (Fsp3) is 0.211. The van der Waals surface area contributed by atoms with Crippen molar-refractivity contribution in [2.75, 3.05) is 18.8 Å². The minimum Gasteiger partial charge on any atom is -0.336 e. The van der Waals surface area contributed by atoms with Crippen molar-refractivity contribution in [1.29, 1.82) is 0 Å². The lowest BCUT2D eigenvalue weighted by Gasteiger charge is -2.13. The number of thioether (sulfide) groups is 1. The van der Waals surface area contributed by atoms with Crippen LogP contribution in [0.1, 0.15) is 5.56 Å². The van der Waals surface area contributed by atoms with E-state index in [9.17, 15) is 9.59 Å². The molecular formula is C19H18N6O2S. The summed E-state index contributed by atoms with van der Waals surface area (Å²) in [7, 11) is 0. The number of carbonyl (C=O) groups is 2. The van der Waals surface area contributed by atoms with E-state index >= 15 is 0 Å². The maximum Gasteiger partial charge on any atom is 0.324 e. The van der Waals surface area contributed by atoms with E-state index in [0.29, 0.717) is 30.6 Å². The molecule has 3 heterocycles. The molecule has 28 heavy (non-hydrogen) atoms. The molecule has 0 aliphatic carbocycles. The van der Waals surface area contributed by atoms with E-state index in [0.717, 1.165) is 11.1 Å². The number of aromatic nitrogens is 4. The molecule has 1 fully saturated rings. The molecule has 0 bridgehead atoms. The first kappa shape index (κ1) is 18.2. The van der Waals surface area contributed by atoms with Gasteiger partial charge >= 0.3 is 6.03 Å². The molecule has 0 radical (unpaired) electrons. The van der Waals surface area contributed by atoms with Gasteiger partial charge in [-0.2, -0.15) is 0 Å². The van der Waals surface area contributed by atoms with Gasteiger partial charge in [-0.3, -0.25) is 19.2 Å². The van der Waals surface area contributed by atoms with Gasteiger partial charge in [0.2, 0.25) is 5.91 Å². The van der Waals surface area contributed by atoms with Crippen LogP contribution in [0.4, 0.5) is 4.79 Å². The zero-order valence-corrected chi connectivity index (χ0v) is 15.8. The monoisotopic (exact) mass is 394 g/mol. The van der Waals surface area contributed by atoms with Crippen LogP contribution in [0.5, 0.6) is 0 Å². The van der Waals surface area contributed by atoms with Gasteiger partial charge < -0.3 is 5.32 Å². The number of nitrogens with one attached hydrogen (secondary N) is 1. The SMILES string of the molecule is O=C(CSc1nnc(-c2ccncc2)n1Cc1ccccc1)N1CCNC1=O. The van der Waals surface area contributed by atoms with E-state index in [4.69, 9.17) is 0 Å². The number of benzene rings is 1. The third-order valence-corrected chi connectivity index (χ3v) is 5.27. The Hall–Kier alpha value is -3.20. The molecule has 1 N–H and O–H groups in total. The normalized spacial score (nSPS) is 13.6. The quantitative estimate of drug-likeness (QED) is 0.643. The van der Waals surface area contributed by atoms with Crippen LogP contribution in [-0.4, -0.2) is 55.4 Å². The summed E-state index contributed by atoms with van der Waals surface area (Å²) in [5, 5.41) is 11.9. The van der Waals surface area contributed by atoms with Crippen LogP contribution < -0.4 is 5.32 Å². The van der Waals surface area contributed by atoms with Crippen molar-refractivity contribution < 1.29 is 9.59 Å². The summed E-state index contributed by atoms with van der Waals surface area (Å²) in [6.07, 6.45) is 3.42. The fourth-order valence-electron chi connectivity index (χ4n) is 2.93. The highest BCUT2D eigenvalue weighted by atomic mass is 32.2. The largest absolute Gasteiger partial charge is 0.336 e. The first-order valence-corrected chi connectivity index (χ1v) is 9.79. The zero-order valence-electron chi connectivity index (χ0n) is 15.0. The Labute approximate surface area is 166 Å². The summed E-state index contributed by atoms with van der Waals surface area (Å²) in [6.45, 7) is 1.47. The number of hydrogen-bond acceptors (Lipinski definition) is 6. The molecule has 4 rings (SSSR count). The Balaban J connectivity index is 1.58. The molecule has 2 aromatic heterocycles. The second-order valence-corrected chi connectivity index (χ2v) is 7.12. The van der Waals surface area contributed by atoms with Crippen LogP contribution in [0.3, 0.4) is 0 Å². The van der Waals surface area contributed by atoms with Gasteiger partial charge in [0.1, 0.15) is 0 Å². The molecule has 9 heteroatoms. The van der Waals surface area contributed by atoms with Crippen molar-refractivity contribution in [3.63, 3.8) is 0 Å². The molecule has 142 valence electrons. The Morgan fingerprint density at radius 3 is 2.61 bits per heavy atom. The number of rotatable bonds is 6. The predicted octanol–water partition coefficient (Wildman–Crippen LogP) is 2.03. The van der Waals surface area contributed by atoms with Gasteiger partial charge in [0.15, 0.2) is 11.0 Å². The van der Waals surface area contributed by atoms with Crippen molar-refractivity contribution in [3.05, 3.63) is 60.4 Å². The Morgan fingerprint density at radius 1 is 1.11 bits per heavy atom. The molecule has 1 aliphatic heterocycles. The van der Waals surface area contributed by atoms with Crippen LogP contribution in [0.25, 0.3) is 11.4 Å². The van der Waals surface area contributed by atoms with E-state index in [1.165, 1.54) is 16.7 Å². The van der Waals surface area contributed by atoms with Crippen LogP contribution in [0, 0.1) is 0 Å². The first-order valence-electron chi connectivity index (χ1n) is 8.81. The fourth-order valence-corrected chi connectivity index (χ4v) is 3.75. The van der Waals surface area contributed by atoms with Crippen molar-refractivity contribution in [2.24, 2.45) is 0 Å². The predicted molar refractivity (Wildman–Crippen MR) is 105 cm³/mol. The molecule has 0 atom stereocenters. The Bertz CT molecular complexity index is 977. The van der Waals surface area contributed by atoms with Gasteiger partial charge in [0.25, 0.3) is 0 Å². The van der Waals surface area contributed by atoms with Gasteiger partial charge in [0.05, 0.1) is 12.3 Å². The number of carbonyl (C=O) groups excluding carboxylic acids is 2. The smallest absolute Gasteiger partial charge is 0.324 e. The van der Waals surface area contributed by atoms with Crippen LogP contribution >= 0.6 is 11.8 Å². The van der Waals surface area contributed by atoms with Crippen LogP contribution in [0.15, 0.2) is 60.0 Å². The van der Waals surface area contributed by atoms with Crippen molar-refractivity contribution >= 4 is 23.7 Å². The summed E-state index contributed by atoms with van der Waals surface area (Å²) < 4.78 is 1.98. The summed E-state index contributed by atoms with van der Waals surface area (Å²) in [4.78, 5) is 29.3. The highest BCUT2D eigenvalue weighted by molar-refractivity contribution is 7.99. The molecule has 0 spiro atoms. The highest BCUT2D eigenvalue weighted by Gasteiger charge is 2.26. The maximum absolute atomic E-state index is 12.4. The van der Waals surface area contributed by atoms with E-state index in [1.807, 2.05) is 47.0 Å². The number of imide groups is 1. The number of nitrogens with zero attached hydrogens (tertiary/aromatic N) is 5. The molecule has 3 amide bonds. The number of pyridine rings is 1. The molecule has 1 saturated heterocycles. The minimum atomic E-state index is -0.339. The summed E-state index contributed by atoms with van der Waals surface area (Å²) in [5.41, 5.74) is 2.00. The highest BCUT2D eigenvalue weighted by Crippen LogP contribution is 2.25. The van der Waals surface area contributed by atoms with E-state index in [2.05, 4.69) is 20.5 Å². The lowest BCUT2D eigenvalue weighted by atomic mass is 10.2. The lowest BCUT2D eigenvalue weighted by molar-refractivity contribution is -0.124. The second kappa shape index (κ2) is 8.22. The zero-order chi connectivity index (χ0) is 19.3. The van der Waals surface area contributed by atoms with Crippen molar-refractivity contribution in [1.82, 2.24) is 30.0 Å². The molecule has 1 aliphatic rings. The summed E-state index contributed by atoms with van der Waals surface area (Å²) in [6, 6.07) is 13.4. The summed E-state index contributed by atoms with van der Waals surface area (Å²) in [5.74, 6) is 0.594. The van der Waals surface area contributed by atoms with Crippen molar-refractivity contribution in [3.8, 4) is 11.4 Å². The number of urea groups is 1. The average molecular weight is 394 g/mol. The molecule has 0 saturated carbocycles. The second-order valence-electron chi connectivity index (χ2n) is 6.18. The molecule has 1 aromatic carbocycles. The minimum absolute atomic E-state index is 0.122. The first-order chi connectivity index (χ1) is 13.7. The van der Waals surface area contributed by atoms with Gasteiger partial charge in [-0.25, -0.2) is 4.79 Å². The standard InChI is InChI=1S/C19H18N6O2S/c26-16(24-11-10-21-18(24)27)13-28-19-23-22-17(15-6-8-20-9-7-15)25(19)12-14-4-2-1-3-5-14/h1-9H,10-13H2,(H,21,27). The van der Waals surface area contributed by atoms with E-state index < -0.39 is 0 Å². The molecule has 0 unspecified atom stereocenters. The van der Waals surface area contributed by atoms with Crippen LogP contribution in [0.2, 0.25) is 0 Å². The number of hydrogen-bond donors (Lipinski definition) is 1. The Morgan fingerprint density at radius 2 is 1.89 bits per heavy atom.